The molecule has 4 rings (SSSR count). The van der Waals surface area contributed by atoms with Crippen molar-refractivity contribution in [3.05, 3.63) is 12.2 Å². The number of nitrogens with zero attached hydrogens (tertiary/aromatic N) is 3. The van der Waals surface area contributed by atoms with Gasteiger partial charge in [0, 0.05) is 26.1 Å². The van der Waals surface area contributed by atoms with Crippen LogP contribution in [-0.2, 0) is 9.47 Å². The predicted molar refractivity (Wildman–Crippen MR) is 69.8 cm³/mol. The normalized spacial score (nSPS) is 43.5. The van der Waals surface area contributed by atoms with Crippen LogP contribution < -0.4 is 5.73 Å². The van der Waals surface area contributed by atoms with Crippen LogP contribution in [0, 0.1) is 45.3 Å². The number of nitrogens with two attached hydrogens (primary N) is 1. The minimum absolute atomic E-state index is 0.131. The van der Waals surface area contributed by atoms with Crippen molar-refractivity contribution in [2.75, 3.05) is 14.2 Å². The fourth-order valence-corrected chi connectivity index (χ4v) is 4.30. The minimum atomic E-state index is -1.52. The molecule has 0 aromatic rings. The standard InChI is InChI=1S/C14H16N4O2/c1-19-14(20-2)13(8-16)10-5-3-9(4-6-10)12(13,7-15)11(17)18-14/h3,5,9-10H,4,6H2,1-2H3,(H2,17,18). The lowest BCUT2D eigenvalue weighted by atomic mass is 9.45. The van der Waals surface area contributed by atoms with Gasteiger partial charge in [0.2, 0.25) is 0 Å². The van der Waals surface area contributed by atoms with Crippen molar-refractivity contribution in [3.63, 3.8) is 0 Å². The van der Waals surface area contributed by atoms with Crippen molar-refractivity contribution in [1.82, 2.24) is 0 Å². The SMILES string of the molecule is COC1(OC)N=C(N)C2(C#N)C3C=CC(CC3)C12C#N. The Bertz CT molecular complexity index is 595. The molecule has 1 aliphatic heterocycles. The highest BCUT2D eigenvalue weighted by Crippen LogP contribution is 2.68. The van der Waals surface area contributed by atoms with E-state index in [1.165, 1.54) is 14.2 Å². The third-order valence-electron chi connectivity index (χ3n) is 5.17. The number of amidine groups is 1. The molecular weight excluding hydrogens is 256 g/mol. The Labute approximate surface area is 117 Å². The third-order valence-corrected chi connectivity index (χ3v) is 5.17. The molecule has 1 fully saturated rings. The van der Waals surface area contributed by atoms with Gasteiger partial charge < -0.3 is 15.2 Å². The van der Waals surface area contributed by atoms with Crippen molar-refractivity contribution in [3.8, 4) is 12.1 Å². The Hall–Kier alpha value is -1.89. The molecule has 2 bridgehead atoms. The number of ether oxygens (including phenoxy) is 2. The van der Waals surface area contributed by atoms with E-state index in [0.717, 1.165) is 12.8 Å². The molecule has 2 N–H and O–H groups in total. The first-order valence-corrected chi connectivity index (χ1v) is 6.55. The van der Waals surface area contributed by atoms with Crippen LogP contribution in [0.25, 0.3) is 0 Å². The van der Waals surface area contributed by atoms with Crippen molar-refractivity contribution in [1.29, 1.82) is 10.5 Å². The monoisotopic (exact) mass is 272 g/mol. The van der Waals surface area contributed by atoms with Crippen LogP contribution in [0.4, 0.5) is 0 Å². The molecule has 4 unspecified atom stereocenters. The van der Waals surface area contributed by atoms with Crippen LogP contribution in [0.3, 0.4) is 0 Å². The molecule has 4 aliphatic rings. The Morgan fingerprint density at radius 1 is 1.20 bits per heavy atom. The maximum atomic E-state index is 9.96. The Morgan fingerprint density at radius 3 is 2.25 bits per heavy atom. The highest BCUT2D eigenvalue weighted by atomic mass is 16.7. The second-order valence-corrected chi connectivity index (χ2v) is 5.50. The zero-order valence-corrected chi connectivity index (χ0v) is 11.5. The molecule has 0 aromatic heterocycles. The van der Waals surface area contributed by atoms with Crippen LogP contribution >= 0.6 is 0 Å². The Kier molecular flexibility index (Phi) is 2.50. The lowest BCUT2D eigenvalue weighted by Gasteiger charge is -2.55. The zero-order valence-electron chi connectivity index (χ0n) is 11.5. The molecule has 4 atom stereocenters. The van der Waals surface area contributed by atoms with Gasteiger partial charge in [-0.3, -0.25) is 0 Å². The summed E-state index contributed by atoms with van der Waals surface area (Å²) in [5, 5.41) is 19.8. The van der Waals surface area contributed by atoms with E-state index in [1.54, 1.807) is 0 Å². The van der Waals surface area contributed by atoms with Crippen LogP contribution in [0.15, 0.2) is 17.1 Å². The molecule has 6 heteroatoms. The summed E-state index contributed by atoms with van der Waals surface area (Å²) in [6.07, 6.45) is 5.58. The van der Waals surface area contributed by atoms with Crippen molar-refractivity contribution in [2.45, 2.75) is 18.8 Å². The van der Waals surface area contributed by atoms with Gasteiger partial charge in [0.15, 0.2) is 5.41 Å². The molecule has 20 heavy (non-hydrogen) atoms. The van der Waals surface area contributed by atoms with Gasteiger partial charge in [-0.15, -0.1) is 0 Å². The summed E-state index contributed by atoms with van der Waals surface area (Å²) in [6.45, 7) is 0. The van der Waals surface area contributed by atoms with E-state index in [0.29, 0.717) is 0 Å². The van der Waals surface area contributed by atoms with Gasteiger partial charge in [-0.1, -0.05) is 12.2 Å². The summed E-state index contributed by atoms with van der Waals surface area (Å²) in [6, 6.07) is 4.59. The first-order chi connectivity index (χ1) is 9.58. The summed E-state index contributed by atoms with van der Waals surface area (Å²) < 4.78 is 10.9. The highest BCUT2D eigenvalue weighted by Gasteiger charge is 2.79. The summed E-state index contributed by atoms with van der Waals surface area (Å²) in [5.41, 5.74) is 3.68. The zero-order chi connectivity index (χ0) is 14.6. The summed E-state index contributed by atoms with van der Waals surface area (Å²) in [4.78, 5) is 4.29. The number of fused-ring (bicyclic) bond motifs is 1. The van der Waals surface area contributed by atoms with Gasteiger partial charge in [-0.2, -0.15) is 10.5 Å². The molecule has 0 amide bonds. The van der Waals surface area contributed by atoms with Crippen molar-refractivity contribution in [2.24, 2.45) is 33.4 Å². The maximum Gasteiger partial charge on any atom is 0.292 e. The predicted octanol–water partition coefficient (Wildman–Crippen LogP) is 0.920. The molecule has 1 saturated carbocycles. The third kappa shape index (κ3) is 0.985. The average molecular weight is 272 g/mol. The highest BCUT2D eigenvalue weighted by molar-refractivity contribution is 5.94. The Morgan fingerprint density at radius 2 is 1.80 bits per heavy atom. The first kappa shape index (κ1) is 13.1. The summed E-state index contributed by atoms with van der Waals surface area (Å²) >= 11 is 0. The summed E-state index contributed by atoms with van der Waals surface area (Å²) in [5.74, 6) is -1.67. The maximum absolute atomic E-state index is 9.96. The molecule has 0 aromatic carbocycles. The molecule has 0 spiro atoms. The molecule has 104 valence electrons. The van der Waals surface area contributed by atoms with Crippen molar-refractivity contribution < 1.29 is 9.47 Å². The second-order valence-electron chi connectivity index (χ2n) is 5.50. The number of rotatable bonds is 2. The number of aliphatic imine (C=N–C) groups is 1. The van der Waals surface area contributed by atoms with Crippen LogP contribution in [-0.4, -0.2) is 26.0 Å². The van der Waals surface area contributed by atoms with E-state index in [4.69, 9.17) is 15.2 Å². The lowest BCUT2D eigenvalue weighted by Crippen LogP contribution is -2.65. The van der Waals surface area contributed by atoms with E-state index in [1.807, 2.05) is 12.2 Å². The van der Waals surface area contributed by atoms with Crippen LogP contribution in [0.2, 0.25) is 0 Å². The average Bonchev–Trinajstić information content (AvgIpc) is 2.76. The minimum Gasteiger partial charge on any atom is -0.386 e. The van der Waals surface area contributed by atoms with Gasteiger partial charge in [0.05, 0.1) is 12.1 Å². The second kappa shape index (κ2) is 3.82. The number of hydrogen-bond acceptors (Lipinski definition) is 6. The quantitative estimate of drug-likeness (QED) is 0.594. The van der Waals surface area contributed by atoms with E-state index in [9.17, 15) is 10.5 Å². The van der Waals surface area contributed by atoms with Gasteiger partial charge in [-0.05, 0) is 12.8 Å². The van der Waals surface area contributed by atoms with E-state index in [2.05, 4.69) is 17.1 Å². The van der Waals surface area contributed by atoms with Gasteiger partial charge in [0.1, 0.15) is 11.3 Å². The number of methoxy groups -OCH3 is 2. The molecule has 1 heterocycles. The smallest absolute Gasteiger partial charge is 0.292 e. The topological polar surface area (TPSA) is 104 Å². The molecule has 6 nitrogen and oxygen atoms in total. The van der Waals surface area contributed by atoms with E-state index < -0.39 is 16.7 Å². The fraction of sp³-hybridized carbons (Fsp3) is 0.643. The molecule has 0 saturated heterocycles. The lowest BCUT2D eigenvalue weighted by molar-refractivity contribution is -0.280. The number of nitriles is 2. The van der Waals surface area contributed by atoms with E-state index in [-0.39, 0.29) is 17.7 Å². The Balaban J connectivity index is 2.37. The van der Waals surface area contributed by atoms with Crippen LogP contribution in [0.5, 0.6) is 0 Å². The molecular formula is C14H16N4O2. The summed E-state index contributed by atoms with van der Waals surface area (Å²) in [7, 11) is 2.86. The van der Waals surface area contributed by atoms with Gasteiger partial charge in [-0.25, -0.2) is 4.99 Å². The van der Waals surface area contributed by atoms with Gasteiger partial charge in [0.25, 0.3) is 5.91 Å². The molecule has 0 radical (unpaired) electrons. The largest absolute Gasteiger partial charge is 0.386 e. The van der Waals surface area contributed by atoms with E-state index >= 15 is 0 Å². The number of hydrogen-bond donors (Lipinski definition) is 1. The van der Waals surface area contributed by atoms with Crippen molar-refractivity contribution >= 4 is 5.84 Å². The number of allylic oxidation sites excluding steroid dienone is 2. The fourth-order valence-electron chi connectivity index (χ4n) is 4.30. The first-order valence-electron chi connectivity index (χ1n) is 6.55. The van der Waals surface area contributed by atoms with Crippen LogP contribution in [0.1, 0.15) is 12.8 Å². The molecule has 3 aliphatic carbocycles. The van der Waals surface area contributed by atoms with Gasteiger partial charge >= 0.3 is 0 Å².